The van der Waals surface area contributed by atoms with Gasteiger partial charge < -0.3 is 15.0 Å². The van der Waals surface area contributed by atoms with Crippen LogP contribution in [0.15, 0.2) is 47.1 Å². The van der Waals surface area contributed by atoms with E-state index in [2.05, 4.69) is 47.7 Å². The molecule has 9 heteroatoms. The highest BCUT2D eigenvalue weighted by molar-refractivity contribution is 6.38. The zero-order valence-electron chi connectivity index (χ0n) is 20.0. The van der Waals surface area contributed by atoms with Gasteiger partial charge in [-0.05, 0) is 61.6 Å². The van der Waals surface area contributed by atoms with E-state index in [4.69, 9.17) is 16.3 Å². The summed E-state index contributed by atoms with van der Waals surface area (Å²) >= 11 is 5.92. The quantitative estimate of drug-likeness (QED) is 0.558. The Morgan fingerprint density at radius 1 is 1.23 bits per heavy atom. The largest absolute Gasteiger partial charge is 0.441 e. The van der Waals surface area contributed by atoms with E-state index in [9.17, 15) is 14.0 Å². The second-order valence-electron chi connectivity index (χ2n) is 8.85. The Kier molecular flexibility index (Phi) is 7.40. The van der Waals surface area contributed by atoms with Gasteiger partial charge in [0.05, 0.1) is 22.8 Å². The Bertz CT molecular complexity index is 1230. The molecule has 2 heterocycles. The van der Waals surface area contributed by atoms with Crippen LogP contribution in [0.5, 0.6) is 0 Å². The monoisotopic (exact) mass is 498 g/mol. The molecule has 0 aromatic heterocycles. The minimum Gasteiger partial charge on any atom is -0.441 e. The van der Waals surface area contributed by atoms with Gasteiger partial charge in [0.1, 0.15) is 6.10 Å². The molecule has 35 heavy (non-hydrogen) atoms. The Hall–Kier alpha value is -3.39. The number of carbonyl (C=O) groups excluding carboxylic acids is 2. The van der Waals surface area contributed by atoms with Crippen molar-refractivity contribution in [3.05, 3.63) is 75.2 Å². The molecule has 7 nitrogen and oxygen atoms in total. The molecule has 2 amide bonds. The lowest BCUT2D eigenvalue weighted by atomic mass is 10.0. The van der Waals surface area contributed by atoms with Crippen molar-refractivity contribution in [3.8, 4) is 0 Å². The van der Waals surface area contributed by atoms with Crippen LogP contribution in [0.25, 0.3) is 0 Å². The van der Waals surface area contributed by atoms with Crippen LogP contribution in [-0.2, 0) is 16.0 Å². The van der Waals surface area contributed by atoms with Gasteiger partial charge in [-0.3, -0.25) is 15.1 Å². The van der Waals surface area contributed by atoms with Crippen molar-refractivity contribution >= 4 is 35.1 Å². The summed E-state index contributed by atoms with van der Waals surface area (Å²) in [6.07, 6.45) is 2.08. The zero-order valence-corrected chi connectivity index (χ0v) is 20.7. The maximum absolute atomic E-state index is 14.6. The first kappa shape index (κ1) is 24.7. The second kappa shape index (κ2) is 10.5. The smallest absolute Gasteiger partial charge is 0.412 e. The van der Waals surface area contributed by atoms with Gasteiger partial charge in [-0.15, -0.1) is 0 Å². The summed E-state index contributed by atoms with van der Waals surface area (Å²) in [6.45, 7) is 4.98. The third-order valence-electron chi connectivity index (χ3n) is 6.28. The summed E-state index contributed by atoms with van der Waals surface area (Å²) in [7, 11) is 1.69. The maximum atomic E-state index is 14.6. The molecule has 0 spiro atoms. The molecule has 2 aromatic rings. The van der Waals surface area contributed by atoms with Crippen LogP contribution in [0.2, 0.25) is 5.02 Å². The molecule has 0 aliphatic carbocycles. The average molecular weight is 499 g/mol. The van der Waals surface area contributed by atoms with Crippen LogP contribution in [0, 0.1) is 19.7 Å². The number of nitrogens with one attached hydrogen (secondary N) is 2. The topological polar surface area (TPSA) is 83.0 Å². The number of halogens is 2. The first-order valence-corrected chi connectivity index (χ1v) is 11.9. The van der Waals surface area contributed by atoms with Gasteiger partial charge in [-0.2, -0.15) is 0 Å². The van der Waals surface area contributed by atoms with E-state index < -0.39 is 18.0 Å². The summed E-state index contributed by atoms with van der Waals surface area (Å²) in [4.78, 5) is 30.7. The molecule has 4 rings (SSSR count). The number of amidine groups is 1. The van der Waals surface area contributed by atoms with Crippen LogP contribution in [0.4, 0.5) is 14.9 Å². The Morgan fingerprint density at radius 3 is 2.80 bits per heavy atom. The fourth-order valence-electron chi connectivity index (χ4n) is 4.18. The minimum atomic E-state index is -0.779. The molecule has 2 aliphatic heterocycles. The number of hydrogen-bond acceptors (Lipinski definition) is 5. The molecule has 0 saturated carbocycles. The highest BCUT2D eigenvalue weighted by atomic mass is 35.5. The highest BCUT2D eigenvalue weighted by Crippen LogP contribution is 2.38. The molecular weight excluding hydrogens is 471 g/mol. The number of allylic oxidation sites excluding steroid dienone is 1. The predicted octanol–water partition coefficient (Wildman–Crippen LogP) is 5.07. The number of cyclic esters (lactones) is 1. The molecule has 2 aromatic carbocycles. The number of amides is 2. The number of aryl methyl sites for hydroxylation is 2. The summed E-state index contributed by atoms with van der Waals surface area (Å²) in [5, 5.41) is 5.62. The summed E-state index contributed by atoms with van der Waals surface area (Å²) in [6, 6.07) is 9.29. The van der Waals surface area contributed by atoms with Crippen molar-refractivity contribution < 1.29 is 18.7 Å². The molecule has 0 fully saturated rings. The minimum absolute atomic E-state index is 0.0353. The summed E-state index contributed by atoms with van der Waals surface area (Å²) in [5.74, 6) is -0.541. The number of carbonyl (C=O) groups is 2. The van der Waals surface area contributed by atoms with Gasteiger partial charge >= 0.3 is 6.09 Å². The second-order valence-corrected chi connectivity index (χ2v) is 9.26. The fourth-order valence-corrected chi connectivity index (χ4v) is 4.34. The maximum Gasteiger partial charge on any atom is 0.412 e. The molecule has 0 radical (unpaired) electrons. The number of ether oxygens (including phenoxy) is 1. The molecule has 2 N–H and O–H groups in total. The van der Waals surface area contributed by atoms with E-state index in [1.165, 1.54) is 17.2 Å². The van der Waals surface area contributed by atoms with E-state index in [0.717, 1.165) is 11.3 Å². The normalized spacial score (nSPS) is 16.8. The number of hydrogen-bond donors (Lipinski definition) is 2. The van der Waals surface area contributed by atoms with Crippen LogP contribution in [0.1, 0.15) is 41.2 Å². The molecule has 1 unspecified atom stereocenters. The first-order chi connectivity index (χ1) is 16.7. The lowest BCUT2D eigenvalue weighted by Crippen LogP contribution is -2.43. The number of anilines is 1. The predicted molar refractivity (Wildman–Crippen MR) is 134 cm³/mol. The van der Waals surface area contributed by atoms with Crippen molar-refractivity contribution in [2.75, 3.05) is 25.5 Å². The lowest BCUT2D eigenvalue weighted by molar-refractivity contribution is -0.123. The van der Waals surface area contributed by atoms with Gasteiger partial charge in [0.25, 0.3) is 5.91 Å². The summed E-state index contributed by atoms with van der Waals surface area (Å²) < 4.78 is 19.9. The van der Waals surface area contributed by atoms with Crippen molar-refractivity contribution in [1.29, 1.82) is 0 Å². The van der Waals surface area contributed by atoms with E-state index >= 15 is 0 Å². The van der Waals surface area contributed by atoms with Gasteiger partial charge in [-0.1, -0.05) is 29.8 Å². The van der Waals surface area contributed by atoms with E-state index in [0.29, 0.717) is 43.9 Å². The molecule has 0 saturated heterocycles. The number of likely N-dealkylation sites (N-methyl/N-ethyl adjacent to an activating group) is 1. The van der Waals surface area contributed by atoms with Gasteiger partial charge in [0.15, 0.2) is 11.7 Å². The Morgan fingerprint density at radius 2 is 2.03 bits per heavy atom. The van der Waals surface area contributed by atoms with E-state index in [1.54, 1.807) is 18.0 Å². The number of benzene rings is 2. The third-order valence-corrected chi connectivity index (χ3v) is 6.57. The van der Waals surface area contributed by atoms with Crippen molar-refractivity contribution in [3.63, 3.8) is 0 Å². The van der Waals surface area contributed by atoms with Gasteiger partial charge in [-0.25, -0.2) is 9.18 Å². The first-order valence-electron chi connectivity index (χ1n) is 11.5. The zero-order chi connectivity index (χ0) is 25.1. The van der Waals surface area contributed by atoms with Gasteiger partial charge in [0.2, 0.25) is 0 Å². The number of nitrogens with zero attached hydrogens (tertiary/aromatic N) is 2. The average Bonchev–Trinajstić information content (AvgIpc) is 2.83. The van der Waals surface area contributed by atoms with E-state index in [-0.39, 0.29) is 16.5 Å². The standard InChI is InChI=1S/C26H28ClFN4O3/c1-15-6-7-17(13-16(15)2)14-18-10-11-29-24(30-18)25(33)32(3)12-4-5-21-22-20(31-26(34)35-21)9-8-19(27)23(22)28/h6-10,13,21H,4-5,11-12,14H2,1-3H3,(H,29,30)(H,31,34). The lowest BCUT2D eigenvalue weighted by Gasteiger charge is -2.28. The van der Waals surface area contributed by atoms with Gasteiger partial charge in [0, 0.05) is 25.7 Å². The number of aliphatic imine (C=N–C) groups is 1. The van der Waals surface area contributed by atoms with Crippen LogP contribution < -0.4 is 10.6 Å². The van der Waals surface area contributed by atoms with Crippen molar-refractivity contribution in [2.45, 2.75) is 39.2 Å². The summed E-state index contributed by atoms with van der Waals surface area (Å²) in [5.41, 5.74) is 5.15. The molecule has 0 bridgehead atoms. The third kappa shape index (κ3) is 5.65. The number of fused-ring (bicyclic) bond motifs is 1. The van der Waals surface area contributed by atoms with Crippen LogP contribution >= 0.6 is 11.6 Å². The Labute approximate surface area is 209 Å². The van der Waals surface area contributed by atoms with Crippen LogP contribution in [0.3, 0.4) is 0 Å². The molecule has 1 atom stereocenters. The molecule has 2 aliphatic rings. The molecule has 184 valence electrons. The van der Waals surface area contributed by atoms with E-state index in [1.807, 2.05) is 6.08 Å². The van der Waals surface area contributed by atoms with Crippen molar-refractivity contribution in [2.24, 2.45) is 4.99 Å². The van der Waals surface area contributed by atoms with Crippen LogP contribution in [-0.4, -0.2) is 42.9 Å². The SMILES string of the molecule is Cc1ccc(CC2=CCN=C(C(=O)N(C)CCCC3OC(=O)Nc4ccc(Cl)c(F)c43)N2)cc1C. The number of rotatable bonds is 7. The highest BCUT2D eigenvalue weighted by Gasteiger charge is 2.30. The fraction of sp³-hybridized carbons (Fsp3) is 0.346. The van der Waals surface area contributed by atoms with Crippen molar-refractivity contribution in [1.82, 2.24) is 10.2 Å². The Balaban J connectivity index is 1.32. The molecular formula is C26H28ClFN4O3.